The monoisotopic (exact) mass is 380 g/mol. The lowest BCUT2D eigenvalue weighted by Gasteiger charge is -2.41. The molecule has 1 aliphatic heterocycles. The number of aryl methyl sites for hydroxylation is 1. The number of halogens is 1. The molecule has 1 N–H and O–H groups in total. The third kappa shape index (κ3) is 5.40. The van der Waals surface area contributed by atoms with Crippen LogP contribution in [0.25, 0.3) is 0 Å². The molecule has 1 heterocycles. The average Bonchev–Trinajstić information content (AvgIpc) is 2.52. The maximum absolute atomic E-state index is 13.4. The number of carbonyl (C=O) groups is 1. The zero-order chi connectivity index (χ0) is 19.5. The first kappa shape index (κ1) is 21.1. The predicted molar refractivity (Wildman–Crippen MR) is 106 cm³/mol. The fraction of sp³-hybridized carbons (Fsp3) is 0.667. The lowest BCUT2D eigenvalue weighted by Crippen LogP contribution is -2.42. The van der Waals surface area contributed by atoms with E-state index in [0.717, 1.165) is 43.4 Å². The first-order valence-corrected chi connectivity index (χ1v) is 12.6. The van der Waals surface area contributed by atoms with Crippen LogP contribution in [0.1, 0.15) is 58.4 Å². The number of ether oxygens (including phenoxy) is 1. The summed E-state index contributed by atoms with van der Waals surface area (Å²) >= 11 is 0. The van der Waals surface area contributed by atoms with E-state index in [1.54, 1.807) is 19.1 Å². The molecule has 0 unspecified atom stereocenters. The minimum atomic E-state index is -2.32. The van der Waals surface area contributed by atoms with E-state index in [-0.39, 0.29) is 28.7 Å². The summed E-state index contributed by atoms with van der Waals surface area (Å²) in [6.07, 6.45) is 4.93. The fourth-order valence-corrected chi connectivity index (χ4v) is 4.41. The van der Waals surface area contributed by atoms with Crippen LogP contribution in [-0.4, -0.2) is 25.0 Å². The van der Waals surface area contributed by atoms with Crippen LogP contribution >= 0.6 is 0 Å². The maximum Gasteiger partial charge on any atom is 0.188 e. The van der Waals surface area contributed by atoms with Gasteiger partial charge in [-0.25, -0.2) is 4.39 Å². The standard InChI is InChI=1S/C21H33FO3Si/c1-15(23)7-6-8-17(14-21(2,3)26(4,5)24)20-11-9-16-13-18(22)10-12-19(16)25-20/h10,12-13,17,20,24H,6-9,11,14H2,1-5H3/t17-,20+/m0/s1. The highest BCUT2D eigenvalue weighted by Crippen LogP contribution is 2.45. The fourth-order valence-electron chi connectivity index (χ4n) is 3.65. The Hall–Kier alpha value is -1.20. The normalized spacial score (nSPS) is 18.8. The van der Waals surface area contributed by atoms with E-state index >= 15 is 0 Å². The topological polar surface area (TPSA) is 46.5 Å². The van der Waals surface area contributed by atoms with Crippen LogP contribution in [0.3, 0.4) is 0 Å². The second-order valence-electron chi connectivity index (χ2n) is 8.95. The number of ketones is 1. The van der Waals surface area contributed by atoms with Crippen LogP contribution in [0.2, 0.25) is 18.1 Å². The van der Waals surface area contributed by atoms with E-state index < -0.39 is 8.32 Å². The van der Waals surface area contributed by atoms with Crippen molar-refractivity contribution in [2.75, 3.05) is 0 Å². The summed E-state index contributed by atoms with van der Waals surface area (Å²) in [5.41, 5.74) is 0.930. The highest BCUT2D eigenvalue weighted by atomic mass is 28.4. The van der Waals surface area contributed by atoms with Crippen LogP contribution in [0.15, 0.2) is 18.2 Å². The van der Waals surface area contributed by atoms with E-state index in [4.69, 9.17) is 4.74 Å². The molecular formula is C21H33FO3Si. The van der Waals surface area contributed by atoms with Crippen molar-refractivity contribution in [1.82, 2.24) is 0 Å². The van der Waals surface area contributed by atoms with Gasteiger partial charge in [-0.2, -0.15) is 0 Å². The molecule has 0 aliphatic carbocycles. The molecule has 1 aliphatic rings. The van der Waals surface area contributed by atoms with Crippen LogP contribution in [-0.2, 0) is 11.2 Å². The number of rotatable bonds is 8. The number of fused-ring (bicyclic) bond motifs is 1. The molecule has 2 rings (SSSR count). The molecule has 2 atom stereocenters. The van der Waals surface area contributed by atoms with E-state index in [0.29, 0.717) is 6.42 Å². The van der Waals surface area contributed by atoms with Gasteiger partial charge in [0.2, 0.25) is 0 Å². The smallest absolute Gasteiger partial charge is 0.188 e. The highest BCUT2D eigenvalue weighted by molar-refractivity contribution is 6.72. The van der Waals surface area contributed by atoms with Crippen LogP contribution in [0.5, 0.6) is 5.75 Å². The summed E-state index contributed by atoms with van der Waals surface area (Å²) in [6, 6.07) is 4.73. The number of hydrogen-bond acceptors (Lipinski definition) is 3. The largest absolute Gasteiger partial charge is 0.490 e. The van der Waals surface area contributed by atoms with Crippen molar-refractivity contribution in [3.63, 3.8) is 0 Å². The molecule has 0 amide bonds. The minimum absolute atomic E-state index is 0.0514. The number of hydrogen-bond donors (Lipinski definition) is 1. The molecular weight excluding hydrogens is 347 g/mol. The maximum atomic E-state index is 13.4. The second kappa shape index (κ2) is 8.22. The molecule has 0 radical (unpaired) electrons. The first-order chi connectivity index (χ1) is 12.0. The van der Waals surface area contributed by atoms with Gasteiger partial charge in [0, 0.05) is 6.42 Å². The summed E-state index contributed by atoms with van der Waals surface area (Å²) < 4.78 is 19.7. The van der Waals surface area contributed by atoms with Crippen molar-refractivity contribution in [3.8, 4) is 5.75 Å². The molecule has 0 spiro atoms. The number of carbonyl (C=O) groups excluding carboxylic acids is 1. The van der Waals surface area contributed by atoms with Gasteiger partial charge in [-0.3, -0.25) is 0 Å². The molecule has 0 saturated carbocycles. The first-order valence-electron chi connectivity index (χ1n) is 9.66. The van der Waals surface area contributed by atoms with Gasteiger partial charge in [-0.1, -0.05) is 13.8 Å². The van der Waals surface area contributed by atoms with Crippen molar-refractivity contribution in [2.24, 2.45) is 5.92 Å². The van der Waals surface area contributed by atoms with Gasteiger partial charge in [0.05, 0.1) is 0 Å². The molecule has 146 valence electrons. The number of Topliss-reactive ketones (excluding diaryl/α,β-unsaturated/α-hetero) is 1. The van der Waals surface area contributed by atoms with Crippen molar-refractivity contribution in [2.45, 2.75) is 83.5 Å². The van der Waals surface area contributed by atoms with Gasteiger partial charge in [0.15, 0.2) is 8.32 Å². The minimum Gasteiger partial charge on any atom is -0.490 e. The molecule has 3 nitrogen and oxygen atoms in total. The van der Waals surface area contributed by atoms with Crippen molar-refractivity contribution in [3.05, 3.63) is 29.6 Å². The molecule has 1 aromatic rings. The molecule has 0 bridgehead atoms. The Balaban J connectivity index is 2.15. The number of benzene rings is 1. The van der Waals surface area contributed by atoms with E-state index in [9.17, 15) is 14.0 Å². The molecule has 26 heavy (non-hydrogen) atoms. The summed E-state index contributed by atoms with van der Waals surface area (Å²) in [4.78, 5) is 22.0. The average molecular weight is 381 g/mol. The van der Waals surface area contributed by atoms with Crippen molar-refractivity contribution < 1.29 is 18.7 Å². The van der Waals surface area contributed by atoms with Gasteiger partial charge in [-0.15, -0.1) is 0 Å². The molecule has 5 heteroatoms. The zero-order valence-electron chi connectivity index (χ0n) is 16.8. The zero-order valence-corrected chi connectivity index (χ0v) is 17.8. The van der Waals surface area contributed by atoms with E-state index in [1.807, 2.05) is 13.1 Å². The van der Waals surface area contributed by atoms with E-state index in [2.05, 4.69) is 13.8 Å². The highest BCUT2D eigenvalue weighted by Gasteiger charge is 2.42. The van der Waals surface area contributed by atoms with Gasteiger partial charge >= 0.3 is 0 Å². The summed E-state index contributed by atoms with van der Waals surface area (Å²) in [7, 11) is -2.32. The third-order valence-corrected chi connectivity index (χ3v) is 9.57. The Bertz CT molecular complexity index is 637. The Morgan fingerprint density at radius 3 is 2.73 bits per heavy atom. The predicted octanol–water partition coefficient (Wildman–Crippen LogP) is 5.26. The summed E-state index contributed by atoms with van der Waals surface area (Å²) in [6.45, 7) is 9.89. The van der Waals surface area contributed by atoms with Crippen LogP contribution in [0.4, 0.5) is 4.39 Å². The van der Waals surface area contributed by atoms with Crippen LogP contribution < -0.4 is 4.74 Å². The quantitative estimate of drug-likeness (QED) is 0.626. The third-order valence-electron chi connectivity index (χ3n) is 6.06. The van der Waals surface area contributed by atoms with Gasteiger partial charge in [0.25, 0.3) is 0 Å². The van der Waals surface area contributed by atoms with Crippen molar-refractivity contribution >= 4 is 14.1 Å². The Labute approximate surface area is 158 Å². The van der Waals surface area contributed by atoms with Gasteiger partial charge < -0.3 is 14.3 Å². The van der Waals surface area contributed by atoms with Crippen LogP contribution in [0, 0.1) is 11.7 Å². The van der Waals surface area contributed by atoms with Gasteiger partial charge in [-0.05, 0) is 86.8 Å². The SMILES string of the molecule is CC(=O)CCC[C@@H](CC(C)(C)[Si](C)(C)O)[C@H]1CCc2cc(F)ccc2O1. The second-order valence-corrected chi connectivity index (χ2v) is 13.4. The Morgan fingerprint density at radius 1 is 1.42 bits per heavy atom. The summed E-state index contributed by atoms with van der Waals surface area (Å²) in [5.74, 6) is 1.04. The lowest BCUT2D eigenvalue weighted by atomic mass is 9.83. The molecule has 0 saturated heterocycles. The van der Waals surface area contributed by atoms with Gasteiger partial charge in [0.1, 0.15) is 23.5 Å². The Kier molecular flexibility index (Phi) is 6.67. The molecule has 0 fully saturated rings. The Morgan fingerprint density at radius 2 is 2.12 bits per heavy atom. The van der Waals surface area contributed by atoms with E-state index in [1.165, 1.54) is 6.07 Å². The molecule has 1 aromatic carbocycles. The molecule has 0 aromatic heterocycles. The van der Waals surface area contributed by atoms with Crippen molar-refractivity contribution in [1.29, 1.82) is 0 Å². The summed E-state index contributed by atoms with van der Waals surface area (Å²) in [5, 5.41) is -0.139. The lowest BCUT2D eigenvalue weighted by molar-refractivity contribution is -0.117.